The highest BCUT2D eigenvalue weighted by Gasteiger charge is 2.03. The molecule has 108 valence electrons. The van der Waals surface area contributed by atoms with Crippen molar-refractivity contribution < 1.29 is 4.79 Å². The van der Waals surface area contributed by atoms with Gasteiger partial charge in [-0.15, -0.1) is 0 Å². The second-order valence-corrected chi connectivity index (χ2v) is 5.38. The molecule has 0 atom stereocenters. The molecular weight excluding hydrogens is 246 g/mol. The summed E-state index contributed by atoms with van der Waals surface area (Å²) in [5, 5.41) is 2.92. The monoisotopic (exact) mass is 271 g/mol. The van der Waals surface area contributed by atoms with Crippen LogP contribution in [0.25, 0.3) is 6.08 Å². The quantitative estimate of drug-likeness (QED) is 0.584. The van der Waals surface area contributed by atoms with Gasteiger partial charge < -0.3 is 5.32 Å². The fraction of sp³-hybridized carbons (Fsp3) is 0.389. The summed E-state index contributed by atoms with van der Waals surface area (Å²) in [6.45, 7) is 6.79. The highest BCUT2D eigenvalue weighted by molar-refractivity contribution is 5.92. The minimum atomic E-state index is 0.0470. The predicted octanol–water partition coefficient (Wildman–Crippen LogP) is 4.20. The smallest absolute Gasteiger partial charge is 0.246 e. The van der Waals surface area contributed by atoms with Gasteiger partial charge in [-0.05, 0) is 31.2 Å². The summed E-state index contributed by atoms with van der Waals surface area (Å²) >= 11 is 0. The molecule has 0 bridgehead atoms. The molecule has 1 N–H and O–H groups in total. The fourth-order valence-electron chi connectivity index (χ4n) is 1.71. The molecule has 0 unspecified atom stereocenters. The van der Waals surface area contributed by atoms with E-state index >= 15 is 0 Å². The molecule has 0 saturated heterocycles. The van der Waals surface area contributed by atoms with E-state index in [1.807, 2.05) is 31.2 Å². The average Bonchev–Trinajstić information content (AvgIpc) is 2.45. The van der Waals surface area contributed by atoms with Gasteiger partial charge in [0.15, 0.2) is 0 Å². The molecule has 2 nitrogen and oxygen atoms in total. The van der Waals surface area contributed by atoms with Crippen LogP contribution in [0.1, 0.15) is 39.2 Å². The number of rotatable bonds is 7. The van der Waals surface area contributed by atoms with Crippen LogP contribution < -0.4 is 5.32 Å². The first kappa shape index (κ1) is 16.2. The van der Waals surface area contributed by atoms with Gasteiger partial charge in [0.25, 0.3) is 0 Å². The Morgan fingerprint density at radius 1 is 1.20 bits per heavy atom. The van der Waals surface area contributed by atoms with E-state index < -0.39 is 0 Å². The number of hydrogen-bond acceptors (Lipinski definition) is 1. The molecule has 0 heterocycles. The Morgan fingerprint density at radius 3 is 2.55 bits per heavy atom. The molecule has 0 aromatic heterocycles. The van der Waals surface area contributed by atoms with Gasteiger partial charge in [0, 0.05) is 12.1 Å². The van der Waals surface area contributed by atoms with Crippen molar-refractivity contribution in [2.45, 2.75) is 33.6 Å². The van der Waals surface area contributed by atoms with Crippen LogP contribution in [0.15, 0.2) is 48.1 Å². The third kappa shape index (κ3) is 6.93. The Kier molecular flexibility index (Phi) is 7.41. The zero-order chi connectivity index (χ0) is 14.8. The van der Waals surface area contributed by atoms with Gasteiger partial charge in [0.1, 0.15) is 0 Å². The van der Waals surface area contributed by atoms with Crippen molar-refractivity contribution in [3.05, 3.63) is 53.6 Å². The molecule has 0 aliphatic carbocycles. The molecular formula is C18H25NO. The molecule has 1 aromatic carbocycles. The van der Waals surface area contributed by atoms with Gasteiger partial charge in [0.2, 0.25) is 5.91 Å². The van der Waals surface area contributed by atoms with E-state index in [1.54, 1.807) is 0 Å². The molecule has 0 radical (unpaired) electrons. The summed E-state index contributed by atoms with van der Waals surface area (Å²) in [5.41, 5.74) is 2.02. The van der Waals surface area contributed by atoms with Crippen LogP contribution in [0.3, 0.4) is 0 Å². The first-order chi connectivity index (χ1) is 9.59. The number of carbonyl (C=O) groups excluding carboxylic acids is 1. The lowest BCUT2D eigenvalue weighted by atomic mass is 10.1. The van der Waals surface area contributed by atoms with Gasteiger partial charge in [-0.1, -0.05) is 62.4 Å². The summed E-state index contributed by atoms with van der Waals surface area (Å²) in [4.78, 5) is 11.7. The zero-order valence-electron chi connectivity index (χ0n) is 12.7. The molecule has 0 spiro atoms. The van der Waals surface area contributed by atoms with Crippen LogP contribution in [0.5, 0.6) is 0 Å². The van der Waals surface area contributed by atoms with E-state index in [4.69, 9.17) is 0 Å². The average molecular weight is 271 g/mol. The second kappa shape index (κ2) is 9.13. The number of hydrogen-bond donors (Lipinski definition) is 1. The van der Waals surface area contributed by atoms with Crippen LogP contribution in [-0.2, 0) is 4.79 Å². The number of allylic oxidation sites excluding steroid dienone is 2. The number of carbonyl (C=O) groups is 1. The Labute approximate surface area is 122 Å². The Bertz CT molecular complexity index is 458. The van der Waals surface area contributed by atoms with Crippen molar-refractivity contribution in [3.8, 4) is 0 Å². The van der Waals surface area contributed by atoms with Crippen LogP contribution >= 0.6 is 0 Å². The minimum Gasteiger partial charge on any atom is -0.352 e. The van der Waals surface area contributed by atoms with Crippen LogP contribution in [0, 0.1) is 5.92 Å². The Balaban J connectivity index is 2.29. The largest absolute Gasteiger partial charge is 0.352 e. The summed E-state index contributed by atoms with van der Waals surface area (Å²) in [7, 11) is 0. The molecule has 1 rings (SSSR count). The summed E-state index contributed by atoms with van der Waals surface area (Å²) in [5.74, 6) is 0.534. The summed E-state index contributed by atoms with van der Waals surface area (Å²) in [6.07, 6.45) is 8.10. The highest BCUT2D eigenvalue weighted by Crippen LogP contribution is 2.05. The molecule has 0 aliphatic heterocycles. The van der Waals surface area contributed by atoms with Crippen molar-refractivity contribution in [1.82, 2.24) is 5.32 Å². The first-order valence-corrected chi connectivity index (χ1v) is 7.26. The van der Waals surface area contributed by atoms with Gasteiger partial charge in [-0.25, -0.2) is 0 Å². The van der Waals surface area contributed by atoms with Gasteiger partial charge >= 0.3 is 0 Å². The van der Waals surface area contributed by atoms with Crippen molar-refractivity contribution in [2.75, 3.05) is 6.54 Å². The number of unbranched alkanes of at least 4 members (excludes halogenated alkanes) is 1. The lowest BCUT2D eigenvalue weighted by molar-refractivity contribution is -0.117. The van der Waals surface area contributed by atoms with Crippen molar-refractivity contribution in [2.24, 2.45) is 5.92 Å². The zero-order valence-corrected chi connectivity index (χ0v) is 12.7. The third-order valence-corrected chi connectivity index (χ3v) is 2.92. The summed E-state index contributed by atoms with van der Waals surface area (Å²) < 4.78 is 0. The minimum absolute atomic E-state index is 0.0470. The van der Waals surface area contributed by atoms with E-state index in [2.05, 4.69) is 43.4 Å². The lowest BCUT2D eigenvalue weighted by Crippen LogP contribution is -2.27. The first-order valence-electron chi connectivity index (χ1n) is 7.26. The maximum absolute atomic E-state index is 11.7. The van der Waals surface area contributed by atoms with E-state index in [0.717, 1.165) is 25.0 Å². The fourth-order valence-corrected chi connectivity index (χ4v) is 1.71. The third-order valence-electron chi connectivity index (χ3n) is 2.92. The van der Waals surface area contributed by atoms with E-state index in [1.165, 1.54) is 5.56 Å². The Hall–Kier alpha value is -1.83. The summed E-state index contributed by atoms with van der Waals surface area (Å²) in [6, 6.07) is 10.2. The number of nitrogens with one attached hydrogen (secondary N) is 1. The Morgan fingerprint density at radius 2 is 1.90 bits per heavy atom. The van der Waals surface area contributed by atoms with Gasteiger partial charge in [-0.2, -0.15) is 0 Å². The van der Waals surface area contributed by atoms with Crippen molar-refractivity contribution >= 4 is 12.0 Å². The molecule has 0 fully saturated rings. The van der Waals surface area contributed by atoms with Crippen LogP contribution in [-0.4, -0.2) is 12.5 Å². The normalized spacial score (nSPS) is 12.1. The highest BCUT2D eigenvalue weighted by atomic mass is 16.1. The molecule has 0 aliphatic rings. The van der Waals surface area contributed by atoms with Crippen LogP contribution in [0.4, 0.5) is 0 Å². The van der Waals surface area contributed by atoms with E-state index in [9.17, 15) is 4.79 Å². The standard InChI is InChI=1S/C18H25NO/c1-15(2)14-19-18(20)16(3)10-6-4-7-11-17-12-8-5-9-13-17/h5,7-13,15H,4,6,14H2,1-3H3,(H,19,20). The topological polar surface area (TPSA) is 29.1 Å². The predicted molar refractivity (Wildman–Crippen MR) is 86.3 cm³/mol. The van der Waals surface area contributed by atoms with Gasteiger partial charge in [-0.3, -0.25) is 4.79 Å². The van der Waals surface area contributed by atoms with Gasteiger partial charge in [0.05, 0.1) is 0 Å². The lowest BCUT2D eigenvalue weighted by Gasteiger charge is -2.07. The van der Waals surface area contributed by atoms with E-state index in [-0.39, 0.29) is 5.91 Å². The number of amides is 1. The number of benzene rings is 1. The van der Waals surface area contributed by atoms with Crippen LogP contribution in [0.2, 0.25) is 0 Å². The molecule has 0 saturated carbocycles. The van der Waals surface area contributed by atoms with E-state index in [0.29, 0.717) is 5.92 Å². The van der Waals surface area contributed by atoms with Crippen molar-refractivity contribution in [3.63, 3.8) is 0 Å². The molecule has 2 heteroatoms. The molecule has 1 aromatic rings. The maximum Gasteiger partial charge on any atom is 0.246 e. The van der Waals surface area contributed by atoms with Crippen molar-refractivity contribution in [1.29, 1.82) is 0 Å². The SMILES string of the molecule is CC(=CCCC=Cc1ccccc1)C(=O)NCC(C)C. The molecule has 20 heavy (non-hydrogen) atoms. The second-order valence-electron chi connectivity index (χ2n) is 5.38. The maximum atomic E-state index is 11.7. The molecule has 1 amide bonds.